The van der Waals surface area contributed by atoms with Crippen LogP contribution in [0.4, 0.5) is 17.3 Å². The Morgan fingerprint density at radius 1 is 1.21 bits per heavy atom. The van der Waals surface area contributed by atoms with Gasteiger partial charge in [0.25, 0.3) is 0 Å². The van der Waals surface area contributed by atoms with Gasteiger partial charge in [0.15, 0.2) is 5.65 Å². The van der Waals surface area contributed by atoms with Gasteiger partial charge in [0.2, 0.25) is 5.91 Å². The van der Waals surface area contributed by atoms with Crippen LogP contribution in [0.15, 0.2) is 41.4 Å². The van der Waals surface area contributed by atoms with Crippen LogP contribution >= 0.6 is 0 Å². The van der Waals surface area contributed by atoms with Crippen molar-refractivity contribution in [2.24, 2.45) is 11.7 Å². The monoisotopic (exact) mass is 469 g/mol. The Kier molecular flexibility index (Phi) is 6.66. The number of piperidine rings is 1. The zero-order valence-electron chi connectivity index (χ0n) is 19.5. The van der Waals surface area contributed by atoms with E-state index >= 15 is 0 Å². The molecule has 1 amide bonds. The van der Waals surface area contributed by atoms with Crippen LogP contribution in [0.5, 0.6) is 0 Å². The Morgan fingerprint density at radius 3 is 2.45 bits per heavy atom. The van der Waals surface area contributed by atoms with E-state index in [0.29, 0.717) is 0 Å². The first kappa shape index (κ1) is 23.2. The number of nitrogens with zero attached hydrogens (tertiary/aromatic N) is 5. The lowest BCUT2D eigenvalue weighted by Gasteiger charge is -2.31. The number of nitrogens with one attached hydrogen (secondary N) is 1. The van der Waals surface area contributed by atoms with Gasteiger partial charge in [-0.3, -0.25) is 4.79 Å². The number of fused-ring (bicyclic) bond motifs is 1. The molecule has 176 valence electrons. The normalized spacial score (nSPS) is 16.0. The van der Waals surface area contributed by atoms with Gasteiger partial charge < -0.3 is 16.0 Å². The first-order valence-corrected chi connectivity index (χ1v) is 12.2. The Balaban J connectivity index is 1.67. The third kappa shape index (κ3) is 4.86. The number of amides is 1. The largest absolute Gasteiger partial charge is 0.369 e. The predicted octanol–water partition coefficient (Wildman–Crippen LogP) is 2.88. The molecule has 0 spiro atoms. The van der Waals surface area contributed by atoms with E-state index in [1.165, 1.54) is 0 Å². The molecule has 10 heteroatoms. The second kappa shape index (κ2) is 9.48. The summed E-state index contributed by atoms with van der Waals surface area (Å²) < 4.78 is 15.8. The number of carbonyl (C=O) groups excluding carboxylic acids is 1. The Morgan fingerprint density at radius 2 is 1.88 bits per heavy atom. The quantitative estimate of drug-likeness (QED) is 0.551. The van der Waals surface area contributed by atoms with Crippen molar-refractivity contribution in [3.8, 4) is 0 Å². The lowest BCUT2D eigenvalue weighted by Crippen LogP contribution is -2.39. The van der Waals surface area contributed by atoms with E-state index in [4.69, 9.17) is 10.7 Å². The minimum absolute atomic E-state index is 0.0741. The lowest BCUT2D eigenvalue weighted by atomic mass is 9.96. The van der Waals surface area contributed by atoms with Gasteiger partial charge in [-0.15, -0.1) is 0 Å². The number of benzene rings is 1. The molecule has 0 aliphatic carbocycles. The fourth-order valence-electron chi connectivity index (χ4n) is 4.03. The second-order valence-electron chi connectivity index (χ2n) is 8.86. The van der Waals surface area contributed by atoms with Gasteiger partial charge in [0.05, 0.1) is 11.1 Å². The molecule has 1 aromatic carbocycles. The van der Waals surface area contributed by atoms with Crippen molar-refractivity contribution < 1.29 is 9.00 Å². The molecule has 0 radical (unpaired) electrons. The smallest absolute Gasteiger partial charge is 0.220 e. The maximum atomic E-state index is 12.3. The molecule has 33 heavy (non-hydrogen) atoms. The van der Waals surface area contributed by atoms with E-state index in [1.807, 2.05) is 41.0 Å². The van der Waals surface area contributed by atoms with Crippen molar-refractivity contribution in [2.45, 2.75) is 37.5 Å². The highest BCUT2D eigenvalue weighted by Crippen LogP contribution is 2.29. The van der Waals surface area contributed by atoms with Gasteiger partial charge in [-0.25, -0.2) is 13.5 Å². The zero-order chi connectivity index (χ0) is 23.7. The van der Waals surface area contributed by atoms with Crippen molar-refractivity contribution in [3.05, 3.63) is 42.1 Å². The molecule has 1 aliphatic heterocycles. The van der Waals surface area contributed by atoms with Crippen molar-refractivity contribution in [1.82, 2.24) is 18.9 Å². The van der Waals surface area contributed by atoms with Crippen LogP contribution < -0.4 is 16.0 Å². The van der Waals surface area contributed by atoms with Crippen LogP contribution in [0.3, 0.4) is 0 Å². The minimum atomic E-state index is -1.19. The summed E-state index contributed by atoms with van der Waals surface area (Å²) >= 11 is 0. The number of nitrogens with two attached hydrogens (primary N) is 1. The molecule has 4 rings (SSSR count). The van der Waals surface area contributed by atoms with Crippen molar-refractivity contribution in [1.29, 1.82) is 0 Å². The van der Waals surface area contributed by atoms with Gasteiger partial charge in [-0.1, -0.05) is 13.8 Å². The van der Waals surface area contributed by atoms with Crippen LogP contribution in [-0.2, 0) is 15.8 Å². The molecule has 1 unspecified atom stereocenters. The summed E-state index contributed by atoms with van der Waals surface area (Å²) in [5.41, 5.74) is 8.25. The number of hydrogen-bond donors (Lipinski definition) is 2. The molecule has 2 aromatic heterocycles. The number of rotatable bonds is 7. The Hall–Kier alpha value is -2.98. The summed E-state index contributed by atoms with van der Waals surface area (Å²) in [7, 11) is 2.38. The Labute approximate surface area is 196 Å². The highest BCUT2D eigenvalue weighted by Gasteiger charge is 2.25. The summed E-state index contributed by atoms with van der Waals surface area (Å²) in [6.07, 6.45) is 3.32. The molecule has 1 aliphatic rings. The third-order valence-electron chi connectivity index (χ3n) is 5.99. The zero-order valence-corrected chi connectivity index (χ0v) is 20.3. The molecule has 3 aromatic rings. The molecule has 0 bridgehead atoms. The van der Waals surface area contributed by atoms with Crippen LogP contribution in [0.2, 0.25) is 0 Å². The molecular formula is C23H31N7O2S. The van der Waals surface area contributed by atoms with E-state index in [-0.39, 0.29) is 17.7 Å². The second-order valence-corrected chi connectivity index (χ2v) is 10.6. The summed E-state index contributed by atoms with van der Waals surface area (Å²) in [6.45, 7) is 5.71. The van der Waals surface area contributed by atoms with E-state index in [0.717, 1.165) is 59.4 Å². The van der Waals surface area contributed by atoms with Gasteiger partial charge in [0.1, 0.15) is 22.6 Å². The van der Waals surface area contributed by atoms with Crippen LogP contribution in [0.1, 0.15) is 38.2 Å². The number of aromatic nitrogens is 3. The maximum absolute atomic E-state index is 12.3. The van der Waals surface area contributed by atoms with Gasteiger partial charge >= 0.3 is 0 Å². The van der Waals surface area contributed by atoms with Crippen LogP contribution in [0.25, 0.3) is 5.65 Å². The molecule has 1 saturated heterocycles. The molecule has 0 saturated carbocycles. The SMILES string of the molecule is CC(C)c1cnn2c(Nc3ccc(S(=O)N(C)C)cc3)cc(N3CCC(C(N)=O)CC3)nc12. The summed E-state index contributed by atoms with van der Waals surface area (Å²) in [6, 6.07) is 9.52. The van der Waals surface area contributed by atoms with Gasteiger partial charge in [-0.2, -0.15) is 9.61 Å². The average Bonchev–Trinajstić information content (AvgIpc) is 3.24. The molecular weight excluding hydrogens is 438 g/mol. The first-order valence-electron chi connectivity index (χ1n) is 11.1. The highest BCUT2D eigenvalue weighted by molar-refractivity contribution is 7.82. The highest BCUT2D eigenvalue weighted by atomic mass is 32.2. The standard InChI is InChI=1S/C23H31N7O2S/c1-15(2)19-14-25-30-21(26-17-5-7-18(8-6-17)33(32)28(3)4)13-20(27-23(19)30)29-11-9-16(10-12-29)22(24)31/h5-8,13-16,26H,9-12H2,1-4H3,(H2,24,31). The molecule has 3 heterocycles. The first-order chi connectivity index (χ1) is 15.7. The number of primary amides is 1. The maximum Gasteiger partial charge on any atom is 0.220 e. The van der Waals surface area contributed by atoms with E-state index in [1.54, 1.807) is 18.4 Å². The minimum Gasteiger partial charge on any atom is -0.369 e. The lowest BCUT2D eigenvalue weighted by molar-refractivity contribution is -0.122. The average molecular weight is 470 g/mol. The topological polar surface area (TPSA) is 109 Å². The van der Waals surface area contributed by atoms with E-state index < -0.39 is 11.0 Å². The number of carbonyl (C=O) groups is 1. The van der Waals surface area contributed by atoms with Crippen molar-refractivity contribution in [3.63, 3.8) is 0 Å². The predicted molar refractivity (Wildman–Crippen MR) is 131 cm³/mol. The van der Waals surface area contributed by atoms with Crippen molar-refractivity contribution >= 4 is 39.9 Å². The molecule has 1 atom stereocenters. The van der Waals surface area contributed by atoms with Crippen molar-refractivity contribution in [2.75, 3.05) is 37.4 Å². The summed E-state index contributed by atoms with van der Waals surface area (Å²) in [5.74, 6) is 1.62. The van der Waals surface area contributed by atoms with E-state index in [9.17, 15) is 9.00 Å². The molecule has 9 nitrogen and oxygen atoms in total. The van der Waals surface area contributed by atoms with Crippen LogP contribution in [0, 0.1) is 5.92 Å². The third-order valence-corrected chi connectivity index (χ3v) is 7.33. The fourth-order valence-corrected chi connectivity index (χ4v) is 4.82. The number of hydrogen-bond acceptors (Lipinski definition) is 6. The van der Waals surface area contributed by atoms with Crippen LogP contribution in [-0.4, -0.2) is 56.2 Å². The number of anilines is 3. The van der Waals surface area contributed by atoms with Gasteiger partial charge in [0, 0.05) is 36.3 Å². The molecule has 3 N–H and O–H groups in total. The van der Waals surface area contributed by atoms with Gasteiger partial charge in [-0.05, 0) is 57.1 Å². The molecule has 1 fully saturated rings. The summed E-state index contributed by atoms with van der Waals surface area (Å²) in [4.78, 5) is 19.4. The summed E-state index contributed by atoms with van der Waals surface area (Å²) in [5, 5.41) is 8.03. The fraction of sp³-hybridized carbons (Fsp3) is 0.435. The Bertz CT molecular complexity index is 1170. The van der Waals surface area contributed by atoms with E-state index in [2.05, 4.69) is 29.2 Å².